The number of nitrogens with one attached hydrogen (secondary N) is 1. The Kier molecular flexibility index (Phi) is 4.25. The van der Waals surface area contributed by atoms with Crippen LogP contribution in [0.2, 0.25) is 0 Å². The number of carbonyl (C=O) groups excluding carboxylic acids is 1. The van der Waals surface area contributed by atoms with Crippen molar-refractivity contribution in [2.24, 2.45) is 5.73 Å². The highest BCUT2D eigenvalue weighted by molar-refractivity contribution is 5.81. The van der Waals surface area contributed by atoms with Crippen molar-refractivity contribution in [3.8, 4) is 0 Å². The summed E-state index contributed by atoms with van der Waals surface area (Å²) in [6, 6.07) is 9.05. The number of carbonyl (C=O) groups is 1. The Balaban J connectivity index is 1.82. The van der Waals surface area contributed by atoms with Crippen LogP contribution in [-0.2, 0) is 17.8 Å². The number of hydrogen-bond acceptors (Lipinski definition) is 5. The monoisotopic (exact) mass is 260 g/mol. The molecule has 0 spiro atoms. The van der Waals surface area contributed by atoms with Gasteiger partial charge in [0.05, 0.1) is 12.6 Å². The number of nitrogens with two attached hydrogens (primary N) is 1. The van der Waals surface area contributed by atoms with E-state index >= 15 is 0 Å². The van der Waals surface area contributed by atoms with E-state index in [2.05, 4.69) is 15.5 Å². The van der Waals surface area contributed by atoms with Gasteiger partial charge in [-0.2, -0.15) is 4.98 Å². The van der Waals surface area contributed by atoms with Gasteiger partial charge in [0.1, 0.15) is 0 Å². The van der Waals surface area contributed by atoms with Crippen molar-refractivity contribution in [1.29, 1.82) is 0 Å². The molecule has 0 saturated carbocycles. The molecule has 2 aromatic rings. The van der Waals surface area contributed by atoms with Crippen molar-refractivity contribution in [3.05, 3.63) is 47.6 Å². The van der Waals surface area contributed by atoms with E-state index in [-0.39, 0.29) is 12.5 Å². The van der Waals surface area contributed by atoms with Gasteiger partial charge in [-0.05, 0) is 12.0 Å². The van der Waals surface area contributed by atoms with E-state index in [0.717, 1.165) is 5.56 Å². The second-order valence-corrected chi connectivity index (χ2v) is 4.24. The molecule has 1 amide bonds. The molecule has 2 rings (SSSR count). The molecule has 0 saturated heterocycles. The topological polar surface area (TPSA) is 94.0 Å². The van der Waals surface area contributed by atoms with E-state index in [4.69, 9.17) is 10.3 Å². The maximum atomic E-state index is 11.8. The highest BCUT2D eigenvalue weighted by Gasteiger charge is 2.14. The first-order valence-corrected chi connectivity index (χ1v) is 6.01. The minimum atomic E-state index is -0.588. The van der Waals surface area contributed by atoms with Gasteiger partial charge in [0, 0.05) is 6.92 Å². The Morgan fingerprint density at radius 3 is 2.79 bits per heavy atom. The van der Waals surface area contributed by atoms with Gasteiger partial charge in [-0.3, -0.25) is 4.79 Å². The Morgan fingerprint density at radius 2 is 2.16 bits per heavy atom. The van der Waals surface area contributed by atoms with Crippen LogP contribution >= 0.6 is 0 Å². The minimum Gasteiger partial charge on any atom is -0.347 e. The van der Waals surface area contributed by atoms with Gasteiger partial charge in [-0.1, -0.05) is 35.5 Å². The molecule has 0 aliphatic heterocycles. The Bertz CT molecular complexity index is 539. The lowest BCUT2D eigenvalue weighted by molar-refractivity contribution is -0.122. The molecule has 0 fully saturated rings. The zero-order chi connectivity index (χ0) is 13.7. The van der Waals surface area contributed by atoms with E-state index in [1.165, 1.54) is 0 Å². The molecular formula is C13H16N4O2. The van der Waals surface area contributed by atoms with Crippen molar-refractivity contribution in [1.82, 2.24) is 15.5 Å². The second-order valence-electron chi connectivity index (χ2n) is 4.24. The summed E-state index contributed by atoms with van der Waals surface area (Å²) in [5.41, 5.74) is 6.87. The van der Waals surface area contributed by atoms with Gasteiger partial charge >= 0.3 is 0 Å². The predicted octanol–water partition coefficient (Wildman–Crippen LogP) is 0.564. The number of nitrogens with zero attached hydrogens (tertiary/aromatic N) is 2. The summed E-state index contributed by atoms with van der Waals surface area (Å²) in [4.78, 5) is 15.8. The van der Waals surface area contributed by atoms with Crippen molar-refractivity contribution in [3.63, 3.8) is 0 Å². The number of amides is 1. The zero-order valence-corrected chi connectivity index (χ0v) is 10.7. The van der Waals surface area contributed by atoms with E-state index in [1.807, 2.05) is 30.3 Å². The van der Waals surface area contributed by atoms with Crippen LogP contribution in [0.25, 0.3) is 0 Å². The first kappa shape index (κ1) is 13.2. The zero-order valence-electron chi connectivity index (χ0n) is 10.7. The second kappa shape index (κ2) is 6.10. The van der Waals surface area contributed by atoms with Gasteiger partial charge in [0.2, 0.25) is 11.8 Å². The lowest BCUT2D eigenvalue weighted by atomic mass is 10.1. The van der Waals surface area contributed by atoms with E-state index in [0.29, 0.717) is 18.1 Å². The van der Waals surface area contributed by atoms with Crippen molar-refractivity contribution >= 4 is 5.91 Å². The van der Waals surface area contributed by atoms with Crippen molar-refractivity contribution < 1.29 is 9.32 Å². The fraction of sp³-hybridized carbons (Fsp3) is 0.308. The number of rotatable bonds is 5. The van der Waals surface area contributed by atoms with Crippen molar-refractivity contribution in [2.75, 3.05) is 0 Å². The molecule has 6 nitrogen and oxygen atoms in total. The summed E-state index contributed by atoms with van der Waals surface area (Å²) in [7, 11) is 0. The average molecular weight is 260 g/mol. The van der Waals surface area contributed by atoms with Crippen LogP contribution in [-0.4, -0.2) is 22.1 Å². The third-order valence-corrected chi connectivity index (χ3v) is 2.63. The Morgan fingerprint density at radius 1 is 1.42 bits per heavy atom. The molecule has 1 heterocycles. The van der Waals surface area contributed by atoms with E-state index in [9.17, 15) is 4.79 Å². The predicted molar refractivity (Wildman–Crippen MR) is 69.0 cm³/mol. The number of aromatic nitrogens is 2. The number of aryl methyl sites for hydroxylation is 1. The first-order chi connectivity index (χ1) is 9.15. The molecule has 0 aliphatic carbocycles. The molecular weight excluding hydrogens is 244 g/mol. The minimum absolute atomic E-state index is 0.221. The van der Waals surface area contributed by atoms with Gasteiger partial charge in [-0.15, -0.1) is 0 Å². The molecule has 19 heavy (non-hydrogen) atoms. The molecule has 0 bridgehead atoms. The molecule has 3 N–H and O–H groups in total. The Labute approximate surface area is 111 Å². The van der Waals surface area contributed by atoms with Crippen LogP contribution in [0, 0.1) is 6.92 Å². The number of benzene rings is 1. The third-order valence-electron chi connectivity index (χ3n) is 2.63. The smallest absolute Gasteiger partial charge is 0.237 e. The summed E-state index contributed by atoms with van der Waals surface area (Å²) >= 11 is 0. The highest BCUT2D eigenvalue weighted by Crippen LogP contribution is 2.02. The SMILES string of the molecule is Cc1nc(CNC(=O)[C@H](N)Cc2ccccc2)no1. The van der Waals surface area contributed by atoms with Gasteiger partial charge in [0.15, 0.2) is 5.82 Å². The summed E-state index contributed by atoms with van der Waals surface area (Å²) in [6.07, 6.45) is 0.498. The van der Waals surface area contributed by atoms with Crippen LogP contribution in [0.15, 0.2) is 34.9 Å². The van der Waals surface area contributed by atoms with E-state index in [1.54, 1.807) is 6.92 Å². The lowest BCUT2D eigenvalue weighted by Crippen LogP contribution is -2.41. The molecule has 1 aromatic heterocycles. The Hall–Kier alpha value is -2.21. The molecule has 100 valence electrons. The first-order valence-electron chi connectivity index (χ1n) is 6.01. The van der Waals surface area contributed by atoms with Gasteiger partial charge in [-0.25, -0.2) is 0 Å². The normalized spacial score (nSPS) is 12.1. The highest BCUT2D eigenvalue weighted by atomic mass is 16.5. The fourth-order valence-corrected chi connectivity index (χ4v) is 1.67. The molecule has 0 radical (unpaired) electrons. The van der Waals surface area contributed by atoms with Gasteiger partial charge < -0.3 is 15.6 Å². The quantitative estimate of drug-likeness (QED) is 0.819. The molecule has 0 unspecified atom stereocenters. The average Bonchev–Trinajstić information content (AvgIpc) is 2.83. The van der Waals surface area contributed by atoms with Crippen LogP contribution in [0.4, 0.5) is 0 Å². The largest absolute Gasteiger partial charge is 0.347 e. The molecule has 1 atom stereocenters. The molecule has 6 heteroatoms. The number of hydrogen-bond donors (Lipinski definition) is 2. The van der Waals surface area contributed by atoms with Crippen molar-refractivity contribution in [2.45, 2.75) is 25.9 Å². The maximum Gasteiger partial charge on any atom is 0.237 e. The standard InChI is InChI=1S/C13H16N4O2/c1-9-16-12(17-19-9)8-15-13(18)11(14)7-10-5-3-2-4-6-10/h2-6,11H,7-8,14H2,1H3,(H,15,18)/t11-/m1/s1. The van der Waals surface area contributed by atoms with Crippen LogP contribution in [0.1, 0.15) is 17.3 Å². The maximum absolute atomic E-state index is 11.8. The van der Waals surface area contributed by atoms with Gasteiger partial charge in [0.25, 0.3) is 0 Å². The summed E-state index contributed by atoms with van der Waals surface area (Å²) in [5, 5.41) is 6.37. The van der Waals surface area contributed by atoms with E-state index < -0.39 is 6.04 Å². The fourth-order valence-electron chi connectivity index (χ4n) is 1.67. The van der Waals surface area contributed by atoms with Crippen LogP contribution in [0.3, 0.4) is 0 Å². The molecule has 0 aliphatic rings. The van der Waals surface area contributed by atoms with Crippen LogP contribution in [0.5, 0.6) is 0 Å². The third kappa shape index (κ3) is 3.89. The molecule has 1 aromatic carbocycles. The van der Waals surface area contributed by atoms with Crippen LogP contribution < -0.4 is 11.1 Å². The summed E-state index contributed by atoms with van der Waals surface area (Å²) < 4.78 is 4.81. The summed E-state index contributed by atoms with van der Waals surface area (Å²) in [6.45, 7) is 1.91. The lowest BCUT2D eigenvalue weighted by Gasteiger charge is -2.11. The summed E-state index contributed by atoms with van der Waals surface area (Å²) in [5.74, 6) is 0.682.